The van der Waals surface area contributed by atoms with E-state index in [1.54, 1.807) is 0 Å². The molecule has 1 N–H and O–H groups in total. The first kappa shape index (κ1) is 21.1. The Kier molecular flexibility index (Phi) is 5.28. The summed E-state index contributed by atoms with van der Waals surface area (Å²) in [5.41, 5.74) is 4.26. The van der Waals surface area contributed by atoms with E-state index in [-0.39, 0.29) is 5.97 Å². The topological polar surface area (TPSA) is 50.8 Å². The Labute approximate surface area is 196 Å². The quantitative estimate of drug-likeness (QED) is 0.180. The number of hydrogen-bond donors (Lipinski definition) is 1. The van der Waals surface area contributed by atoms with Gasteiger partial charge in [0.1, 0.15) is 0 Å². The number of fused-ring (bicyclic) bond motifs is 6. The fourth-order valence-electron chi connectivity index (χ4n) is 4.52. The molecule has 0 saturated carbocycles. The van der Waals surface area contributed by atoms with E-state index in [0.29, 0.717) is 11.3 Å². The zero-order valence-electron chi connectivity index (χ0n) is 18.7. The second-order valence-corrected chi connectivity index (χ2v) is 13.4. The van der Waals surface area contributed by atoms with Crippen molar-refractivity contribution in [2.45, 2.75) is 18.9 Å². The number of carbonyl (C=O) groups is 1. The Balaban J connectivity index is 1.71. The maximum atomic E-state index is 12.9. The standard InChI is InChI=1S/C26H27IN2O3/c1-5-14-27(2)28-17-10-12-21-23(15-17)31-24-16-18(29(3)4)11-13-22(24)26(21)20-9-7-6-8-19(20)25(30)32-26/h6-13,15-16,28H,5,14H2,1-4H3. The summed E-state index contributed by atoms with van der Waals surface area (Å²) in [5, 5.41) is 0. The van der Waals surface area contributed by atoms with Gasteiger partial charge in [0.25, 0.3) is 0 Å². The van der Waals surface area contributed by atoms with Gasteiger partial charge in [0.2, 0.25) is 0 Å². The van der Waals surface area contributed by atoms with E-state index in [4.69, 9.17) is 9.47 Å². The number of esters is 1. The Hall–Kier alpha value is -2.74. The van der Waals surface area contributed by atoms with Gasteiger partial charge in [-0.15, -0.1) is 0 Å². The van der Waals surface area contributed by atoms with Crippen LogP contribution in [0.3, 0.4) is 0 Å². The van der Waals surface area contributed by atoms with Crippen molar-refractivity contribution >= 4 is 37.4 Å². The summed E-state index contributed by atoms with van der Waals surface area (Å²) in [6.45, 7) is 2.22. The van der Waals surface area contributed by atoms with Crippen LogP contribution in [0.5, 0.6) is 11.5 Å². The number of nitrogens with zero attached hydrogens (tertiary/aromatic N) is 1. The molecule has 3 aromatic carbocycles. The molecule has 1 spiro atoms. The van der Waals surface area contributed by atoms with Crippen molar-refractivity contribution in [1.82, 2.24) is 0 Å². The van der Waals surface area contributed by atoms with Crippen LogP contribution in [0, 0.1) is 0 Å². The van der Waals surface area contributed by atoms with Gasteiger partial charge in [-0.25, -0.2) is 0 Å². The number of halogens is 1. The Morgan fingerprint density at radius 2 is 1.69 bits per heavy atom. The number of alkyl halides is 2. The van der Waals surface area contributed by atoms with E-state index in [2.05, 4.69) is 27.5 Å². The average molecular weight is 542 g/mol. The molecule has 3 aromatic rings. The molecule has 0 radical (unpaired) electrons. The minimum absolute atomic E-state index is 0.303. The van der Waals surface area contributed by atoms with Crippen molar-refractivity contribution < 1.29 is 14.3 Å². The summed E-state index contributed by atoms with van der Waals surface area (Å²) in [4.78, 5) is 17.3. The summed E-state index contributed by atoms with van der Waals surface area (Å²) in [7, 11) is 4.00. The van der Waals surface area contributed by atoms with Crippen molar-refractivity contribution in [2.75, 3.05) is 31.9 Å². The van der Waals surface area contributed by atoms with Gasteiger partial charge in [-0.1, -0.05) is 0 Å². The Bertz CT molecular complexity index is 1210. The van der Waals surface area contributed by atoms with Crippen LogP contribution in [0.15, 0.2) is 60.7 Å². The van der Waals surface area contributed by atoms with Gasteiger partial charge < -0.3 is 0 Å². The fraction of sp³-hybridized carbons (Fsp3) is 0.269. The summed E-state index contributed by atoms with van der Waals surface area (Å²) in [6, 6.07) is 19.9. The molecular weight excluding hydrogens is 515 g/mol. The van der Waals surface area contributed by atoms with Gasteiger partial charge in [0.05, 0.1) is 0 Å². The first-order chi connectivity index (χ1) is 15.4. The third-order valence-corrected chi connectivity index (χ3v) is 10.2. The number of rotatable bonds is 5. The van der Waals surface area contributed by atoms with Crippen molar-refractivity contribution in [3.8, 4) is 11.5 Å². The first-order valence-corrected chi connectivity index (χ1v) is 15.5. The molecule has 2 aliphatic heterocycles. The van der Waals surface area contributed by atoms with Crippen molar-refractivity contribution in [3.63, 3.8) is 0 Å². The SMILES string of the molecule is CCCI(C)Nc1ccc2c(c1)Oc1cc(N(C)C)ccc1C21OC(=O)c2ccccc21. The van der Waals surface area contributed by atoms with Crippen LogP contribution >= 0.6 is 20.1 Å². The molecule has 0 amide bonds. The Morgan fingerprint density at radius 3 is 2.44 bits per heavy atom. The van der Waals surface area contributed by atoms with Crippen LogP contribution in [0.4, 0.5) is 11.4 Å². The summed E-state index contributed by atoms with van der Waals surface area (Å²) in [5.74, 6) is 1.14. The Morgan fingerprint density at radius 1 is 0.969 bits per heavy atom. The van der Waals surface area contributed by atoms with Crippen LogP contribution in [-0.2, 0) is 10.3 Å². The predicted molar refractivity (Wildman–Crippen MR) is 138 cm³/mol. The van der Waals surface area contributed by atoms with E-state index in [1.807, 2.05) is 67.5 Å². The molecule has 5 nitrogen and oxygen atoms in total. The van der Waals surface area contributed by atoms with Crippen LogP contribution in [-0.4, -0.2) is 29.4 Å². The molecule has 0 bridgehead atoms. The summed E-state index contributed by atoms with van der Waals surface area (Å²) < 4.78 is 17.6. The van der Waals surface area contributed by atoms with Crippen molar-refractivity contribution in [1.29, 1.82) is 0 Å². The van der Waals surface area contributed by atoms with E-state index >= 15 is 0 Å². The fourth-order valence-corrected chi connectivity index (χ4v) is 7.81. The van der Waals surface area contributed by atoms with Gasteiger partial charge in [-0.2, -0.15) is 0 Å². The molecule has 2 heterocycles. The summed E-state index contributed by atoms with van der Waals surface area (Å²) in [6.07, 6.45) is 1.19. The van der Waals surface area contributed by atoms with Gasteiger partial charge in [0.15, 0.2) is 0 Å². The van der Waals surface area contributed by atoms with Crippen LogP contribution in [0.1, 0.15) is 40.4 Å². The molecule has 2 aliphatic rings. The van der Waals surface area contributed by atoms with Gasteiger partial charge in [-0.05, 0) is 0 Å². The predicted octanol–water partition coefficient (Wildman–Crippen LogP) is 6.19. The zero-order valence-corrected chi connectivity index (χ0v) is 20.9. The number of benzene rings is 3. The number of hydrogen-bond acceptors (Lipinski definition) is 5. The molecule has 0 aromatic heterocycles. The molecule has 6 heteroatoms. The number of carbonyl (C=O) groups excluding carboxylic acids is 1. The molecule has 32 heavy (non-hydrogen) atoms. The molecule has 0 fully saturated rings. The van der Waals surface area contributed by atoms with Crippen molar-refractivity contribution in [3.05, 3.63) is 82.9 Å². The molecule has 0 aliphatic carbocycles. The molecule has 1 atom stereocenters. The average Bonchev–Trinajstić information content (AvgIpc) is 3.07. The zero-order chi connectivity index (χ0) is 22.5. The third-order valence-electron chi connectivity index (χ3n) is 5.96. The molecular formula is C26H27IN2O3. The van der Waals surface area contributed by atoms with Crippen molar-refractivity contribution in [2.24, 2.45) is 0 Å². The third kappa shape index (κ3) is 3.23. The molecule has 0 saturated heterocycles. The van der Waals surface area contributed by atoms with E-state index in [0.717, 1.165) is 33.8 Å². The number of anilines is 2. The van der Waals surface area contributed by atoms with Crippen LogP contribution < -0.4 is 13.2 Å². The van der Waals surface area contributed by atoms with E-state index in [1.165, 1.54) is 10.8 Å². The van der Waals surface area contributed by atoms with E-state index in [9.17, 15) is 4.79 Å². The van der Waals surface area contributed by atoms with Gasteiger partial charge in [-0.3, -0.25) is 0 Å². The second kappa shape index (κ2) is 7.99. The van der Waals surface area contributed by atoms with Gasteiger partial charge in [0, 0.05) is 0 Å². The normalized spacial score (nSPS) is 18.2. The van der Waals surface area contributed by atoms with Crippen LogP contribution in [0.2, 0.25) is 0 Å². The van der Waals surface area contributed by atoms with Gasteiger partial charge >= 0.3 is 197 Å². The number of nitrogens with one attached hydrogen (secondary N) is 1. The maximum absolute atomic E-state index is 12.9. The first-order valence-electron chi connectivity index (χ1n) is 10.7. The van der Waals surface area contributed by atoms with E-state index < -0.39 is 25.7 Å². The molecule has 1 unspecified atom stereocenters. The van der Waals surface area contributed by atoms with Crippen LogP contribution in [0.25, 0.3) is 0 Å². The monoisotopic (exact) mass is 542 g/mol. The second-order valence-electron chi connectivity index (χ2n) is 8.38. The number of ether oxygens (including phenoxy) is 2. The minimum atomic E-state index is -1.23. The molecule has 166 valence electrons. The molecule has 5 rings (SSSR count). The summed E-state index contributed by atoms with van der Waals surface area (Å²) >= 11 is -1.23.